The van der Waals surface area contributed by atoms with E-state index in [9.17, 15) is 0 Å². The average Bonchev–Trinajstić information content (AvgIpc) is 3.11. The number of rotatable bonds is 3. The number of aryl methyl sites for hydroxylation is 2. The van der Waals surface area contributed by atoms with E-state index in [0.29, 0.717) is 5.70 Å². The standard InChI is InChI=1S/C20H21N3OS/c1-11(21)16-9-14(19-12(2)22-24-13(19)3)10-17-15-7-5-6-8-18(15)23(25-4)20(16)17/h5,7,9-10H,1,6,8,21H2,2-4H3. The topological polar surface area (TPSA) is 57.0 Å². The molecule has 0 spiro atoms. The molecule has 0 unspecified atom stereocenters. The summed E-state index contributed by atoms with van der Waals surface area (Å²) >= 11 is 1.72. The van der Waals surface area contributed by atoms with Gasteiger partial charge in [0.15, 0.2) is 0 Å². The van der Waals surface area contributed by atoms with Crippen molar-refractivity contribution in [3.63, 3.8) is 0 Å². The van der Waals surface area contributed by atoms with Crippen molar-refractivity contribution in [1.29, 1.82) is 0 Å². The molecule has 0 aliphatic heterocycles. The van der Waals surface area contributed by atoms with Crippen LogP contribution in [-0.2, 0) is 6.42 Å². The Hall–Kier alpha value is -2.40. The van der Waals surface area contributed by atoms with Gasteiger partial charge in [-0.15, -0.1) is 0 Å². The highest BCUT2D eigenvalue weighted by Crippen LogP contribution is 2.40. The van der Waals surface area contributed by atoms with Gasteiger partial charge in [-0.1, -0.05) is 23.9 Å². The molecule has 0 atom stereocenters. The van der Waals surface area contributed by atoms with Crippen molar-refractivity contribution in [2.24, 2.45) is 5.73 Å². The van der Waals surface area contributed by atoms with E-state index in [2.05, 4.69) is 46.2 Å². The van der Waals surface area contributed by atoms with Gasteiger partial charge in [0.1, 0.15) is 5.76 Å². The minimum atomic E-state index is 0.577. The zero-order chi connectivity index (χ0) is 17.7. The predicted molar refractivity (Wildman–Crippen MR) is 106 cm³/mol. The molecule has 1 aromatic carbocycles. The van der Waals surface area contributed by atoms with Crippen molar-refractivity contribution in [1.82, 2.24) is 9.13 Å². The first-order chi connectivity index (χ1) is 12.0. The van der Waals surface area contributed by atoms with E-state index in [4.69, 9.17) is 10.3 Å². The number of allylic oxidation sites excluding steroid dienone is 1. The van der Waals surface area contributed by atoms with Crippen LogP contribution in [0.2, 0.25) is 0 Å². The number of benzene rings is 1. The van der Waals surface area contributed by atoms with E-state index >= 15 is 0 Å². The van der Waals surface area contributed by atoms with Gasteiger partial charge in [0.2, 0.25) is 0 Å². The summed E-state index contributed by atoms with van der Waals surface area (Å²) in [6.45, 7) is 7.93. The Morgan fingerprint density at radius 3 is 2.80 bits per heavy atom. The molecule has 25 heavy (non-hydrogen) atoms. The minimum absolute atomic E-state index is 0.577. The lowest BCUT2D eigenvalue weighted by Crippen LogP contribution is -2.01. The van der Waals surface area contributed by atoms with Gasteiger partial charge in [-0.3, -0.25) is 3.97 Å². The molecule has 128 valence electrons. The van der Waals surface area contributed by atoms with Gasteiger partial charge in [0.25, 0.3) is 0 Å². The number of nitrogens with zero attached hydrogens (tertiary/aromatic N) is 2. The molecule has 0 fully saturated rings. The maximum Gasteiger partial charge on any atom is 0.141 e. The molecular formula is C20H21N3OS. The highest BCUT2D eigenvalue weighted by atomic mass is 32.2. The molecule has 0 saturated heterocycles. The molecule has 1 aliphatic rings. The molecule has 1 aliphatic carbocycles. The first-order valence-corrected chi connectivity index (χ1v) is 9.51. The van der Waals surface area contributed by atoms with Crippen LogP contribution in [0.15, 0.2) is 29.3 Å². The molecule has 4 rings (SSSR count). The largest absolute Gasteiger partial charge is 0.399 e. The van der Waals surface area contributed by atoms with Crippen LogP contribution < -0.4 is 5.73 Å². The fourth-order valence-electron chi connectivity index (χ4n) is 3.79. The summed E-state index contributed by atoms with van der Waals surface area (Å²) in [6.07, 6.45) is 8.68. The van der Waals surface area contributed by atoms with Gasteiger partial charge in [-0.25, -0.2) is 0 Å². The Morgan fingerprint density at radius 1 is 1.36 bits per heavy atom. The third-order valence-electron chi connectivity index (χ3n) is 4.84. The molecule has 0 bridgehead atoms. The van der Waals surface area contributed by atoms with Gasteiger partial charge >= 0.3 is 0 Å². The SMILES string of the molecule is C=C(N)c1cc(-c2c(C)noc2C)cc2c3c(n(SC)c12)CCC=C3. The lowest BCUT2D eigenvalue weighted by atomic mass is 9.95. The highest BCUT2D eigenvalue weighted by molar-refractivity contribution is 7.97. The van der Waals surface area contributed by atoms with E-state index in [1.807, 2.05) is 13.8 Å². The Morgan fingerprint density at radius 2 is 2.16 bits per heavy atom. The number of nitrogens with two attached hydrogens (primary N) is 1. The van der Waals surface area contributed by atoms with Crippen LogP contribution in [0.5, 0.6) is 0 Å². The van der Waals surface area contributed by atoms with Gasteiger partial charge in [-0.05, 0) is 56.3 Å². The maximum absolute atomic E-state index is 6.19. The molecule has 0 amide bonds. The zero-order valence-electron chi connectivity index (χ0n) is 14.7. The Kier molecular flexibility index (Phi) is 3.76. The number of fused-ring (bicyclic) bond motifs is 3. The summed E-state index contributed by atoms with van der Waals surface area (Å²) in [7, 11) is 0. The monoisotopic (exact) mass is 351 g/mol. The molecular weight excluding hydrogens is 330 g/mol. The van der Waals surface area contributed by atoms with Crippen LogP contribution in [0, 0.1) is 13.8 Å². The molecule has 0 saturated carbocycles. The summed E-state index contributed by atoms with van der Waals surface area (Å²) in [5.41, 5.74) is 14.5. The maximum atomic E-state index is 6.19. The lowest BCUT2D eigenvalue weighted by molar-refractivity contribution is 0.393. The molecule has 0 radical (unpaired) electrons. The molecule has 5 heteroatoms. The Balaban J connectivity index is 2.14. The van der Waals surface area contributed by atoms with Crippen LogP contribution in [0.25, 0.3) is 33.8 Å². The molecule has 2 heterocycles. The van der Waals surface area contributed by atoms with Crippen molar-refractivity contribution in [2.45, 2.75) is 26.7 Å². The fourth-order valence-corrected chi connectivity index (χ4v) is 4.58. The van der Waals surface area contributed by atoms with Crippen molar-refractivity contribution < 1.29 is 4.52 Å². The second-order valence-electron chi connectivity index (χ2n) is 6.42. The van der Waals surface area contributed by atoms with Gasteiger partial charge in [0.05, 0.1) is 11.2 Å². The first kappa shape index (κ1) is 16.1. The Bertz CT molecular complexity index is 1020. The van der Waals surface area contributed by atoms with E-state index in [0.717, 1.165) is 46.5 Å². The van der Waals surface area contributed by atoms with Gasteiger partial charge < -0.3 is 10.3 Å². The molecule has 4 nitrogen and oxygen atoms in total. The van der Waals surface area contributed by atoms with Crippen molar-refractivity contribution >= 4 is 34.6 Å². The van der Waals surface area contributed by atoms with E-state index in [1.165, 1.54) is 16.6 Å². The van der Waals surface area contributed by atoms with Crippen molar-refractivity contribution in [3.05, 3.63) is 53.1 Å². The first-order valence-electron chi connectivity index (χ1n) is 8.33. The van der Waals surface area contributed by atoms with Crippen LogP contribution >= 0.6 is 11.9 Å². The lowest BCUT2D eigenvalue weighted by Gasteiger charge is -2.12. The van der Waals surface area contributed by atoms with Crippen LogP contribution in [0.4, 0.5) is 0 Å². The summed E-state index contributed by atoms with van der Waals surface area (Å²) in [5.74, 6) is 0.819. The van der Waals surface area contributed by atoms with Crippen LogP contribution in [0.1, 0.15) is 34.7 Å². The minimum Gasteiger partial charge on any atom is -0.399 e. The van der Waals surface area contributed by atoms with Crippen molar-refractivity contribution in [2.75, 3.05) is 6.26 Å². The second-order valence-corrected chi connectivity index (χ2v) is 7.15. The third kappa shape index (κ3) is 2.34. The average molecular weight is 351 g/mol. The van der Waals surface area contributed by atoms with Crippen LogP contribution in [0.3, 0.4) is 0 Å². The van der Waals surface area contributed by atoms with Gasteiger partial charge in [0, 0.05) is 39.7 Å². The smallest absolute Gasteiger partial charge is 0.141 e. The third-order valence-corrected chi connectivity index (χ3v) is 5.61. The molecule has 3 aromatic rings. The number of hydrogen-bond acceptors (Lipinski definition) is 4. The van der Waals surface area contributed by atoms with E-state index in [1.54, 1.807) is 11.9 Å². The van der Waals surface area contributed by atoms with E-state index in [-0.39, 0.29) is 0 Å². The second kappa shape index (κ2) is 5.85. The zero-order valence-corrected chi connectivity index (χ0v) is 15.5. The summed E-state index contributed by atoms with van der Waals surface area (Å²) in [5, 5.41) is 5.31. The Labute approximate surface area is 151 Å². The van der Waals surface area contributed by atoms with Crippen molar-refractivity contribution in [3.8, 4) is 11.1 Å². The van der Waals surface area contributed by atoms with Crippen LogP contribution in [-0.4, -0.2) is 15.4 Å². The summed E-state index contributed by atoms with van der Waals surface area (Å²) in [6, 6.07) is 4.34. The quantitative estimate of drug-likeness (QED) is 0.727. The number of hydrogen-bond donors (Lipinski definition) is 1. The molecule has 2 aromatic heterocycles. The fraction of sp³-hybridized carbons (Fsp3) is 0.250. The summed E-state index contributed by atoms with van der Waals surface area (Å²) < 4.78 is 7.68. The normalized spacial score (nSPS) is 13.4. The van der Waals surface area contributed by atoms with E-state index < -0.39 is 0 Å². The highest BCUT2D eigenvalue weighted by Gasteiger charge is 2.22. The predicted octanol–water partition coefficient (Wildman–Crippen LogP) is 4.93. The molecule has 2 N–H and O–H groups in total. The van der Waals surface area contributed by atoms with Gasteiger partial charge in [-0.2, -0.15) is 0 Å². The summed E-state index contributed by atoms with van der Waals surface area (Å²) in [4.78, 5) is 0. The number of aromatic nitrogens is 2.